The lowest BCUT2D eigenvalue weighted by molar-refractivity contribution is -0.148. The predicted molar refractivity (Wildman–Crippen MR) is 307 cm³/mol. The Hall–Kier alpha value is -2.76. The first-order valence-corrected chi connectivity index (χ1v) is 31.5. The summed E-state index contributed by atoms with van der Waals surface area (Å²) in [6, 6.07) is -3.82. The molecule has 0 aromatic rings. The predicted octanol–water partition coefficient (Wildman–Crippen LogP) is 11.2. The highest BCUT2D eigenvalue weighted by molar-refractivity contribution is 8.16. The Labute approximate surface area is 464 Å². The second-order valence-electron chi connectivity index (χ2n) is 21.6. The molecule has 0 fully saturated rings. The Morgan fingerprint density at radius 2 is 0.684 bits per heavy atom. The molecule has 9 N–H and O–H groups in total. The zero-order valence-electron chi connectivity index (χ0n) is 48.1. The Balaban J connectivity index is 6.86. The summed E-state index contributed by atoms with van der Waals surface area (Å²) in [6.07, 6.45) is 36.0. The van der Waals surface area contributed by atoms with Crippen molar-refractivity contribution in [3.63, 3.8) is 0 Å². The first-order valence-electron chi connectivity index (χ1n) is 30.7. The third kappa shape index (κ3) is 31.1. The molecule has 0 aliphatic carbocycles. The lowest BCUT2D eigenvalue weighted by Crippen LogP contribution is -2.78. The van der Waals surface area contributed by atoms with Gasteiger partial charge in [-0.05, 0) is 19.3 Å². The summed E-state index contributed by atoms with van der Waals surface area (Å²) in [5.74, 6) is -7.45. The van der Waals surface area contributed by atoms with Gasteiger partial charge in [0.05, 0.1) is 19.8 Å². The number of aliphatic hydroxyl groups is 4. The van der Waals surface area contributed by atoms with Crippen LogP contribution in [0.4, 0.5) is 0 Å². The Kier molecular flexibility index (Phi) is 46.4. The van der Waals surface area contributed by atoms with E-state index in [0.717, 1.165) is 96.3 Å². The van der Waals surface area contributed by atoms with E-state index in [1.54, 1.807) is 0 Å². The lowest BCUT2D eigenvalue weighted by atomic mass is 9.71. The summed E-state index contributed by atoms with van der Waals surface area (Å²) >= 11 is -0.0297. The van der Waals surface area contributed by atoms with Crippen LogP contribution in [0.15, 0.2) is 0 Å². The fourth-order valence-electron chi connectivity index (χ4n) is 9.95. The van der Waals surface area contributed by atoms with Gasteiger partial charge in [-0.2, -0.15) is 0 Å². The van der Waals surface area contributed by atoms with Gasteiger partial charge in [0.1, 0.15) is 18.2 Å². The number of nitrogens with one attached hydrogen (secondary N) is 2. The molecule has 444 valence electrons. The highest BCUT2D eigenvalue weighted by Gasteiger charge is 2.67. The molecular formula is C60H111N3O12S. The Morgan fingerprint density at radius 1 is 0.408 bits per heavy atom. The smallest absolute Gasteiger partial charge is 0.328 e. The largest absolute Gasteiger partial charge is 0.480 e. The molecule has 15 nitrogen and oxygen atoms in total. The van der Waals surface area contributed by atoms with Gasteiger partial charge >= 0.3 is 5.97 Å². The molecule has 1 unspecified atom stereocenters. The van der Waals surface area contributed by atoms with Crippen LogP contribution in [-0.2, 0) is 33.6 Å². The third-order valence-electron chi connectivity index (χ3n) is 15.0. The van der Waals surface area contributed by atoms with E-state index in [0.29, 0.717) is 19.3 Å². The number of unbranched alkanes of at least 4 members (excludes halogenated alkanes) is 36. The van der Waals surface area contributed by atoms with Crippen LogP contribution < -0.4 is 16.4 Å². The second-order valence-corrected chi connectivity index (χ2v) is 22.9. The summed E-state index contributed by atoms with van der Waals surface area (Å²) < 4.78 is -2.97. The van der Waals surface area contributed by atoms with Crippen LogP contribution in [0.1, 0.15) is 290 Å². The van der Waals surface area contributed by atoms with Crippen molar-refractivity contribution in [2.75, 3.05) is 19.8 Å². The molecule has 0 radical (unpaired) electrons. The number of carboxylic acid groups (broad SMARTS) is 1. The van der Waals surface area contributed by atoms with Crippen LogP contribution in [0.3, 0.4) is 0 Å². The number of ketones is 3. The van der Waals surface area contributed by atoms with Gasteiger partial charge in [-0.15, -0.1) is 0 Å². The minimum absolute atomic E-state index is 0.0297. The molecule has 0 aliphatic heterocycles. The quantitative estimate of drug-likeness (QED) is 0.0208. The molecule has 0 heterocycles. The molecule has 0 bridgehead atoms. The normalized spacial score (nSPS) is 13.7. The zero-order valence-corrected chi connectivity index (χ0v) is 48.9. The number of thioether (sulfide) groups is 1. The molecule has 76 heavy (non-hydrogen) atoms. The second kappa shape index (κ2) is 48.2. The number of carboxylic acids is 1. The molecule has 0 spiro atoms. The van der Waals surface area contributed by atoms with Gasteiger partial charge in [0, 0.05) is 19.3 Å². The average Bonchev–Trinajstić information content (AvgIpc) is 3.41. The van der Waals surface area contributed by atoms with Crippen molar-refractivity contribution in [2.24, 2.45) is 5.73 Å². The van der Waals surface area contributed by atoms with Crippen LogP contribution in [0.2, 0.25) is 0 Å². The van der Waals surface area contributed by atoms with Crippen molar-refractivity contribution in [3.05, 3.63) is 0 Å². The summed E-state index contributed by atoms with van der Waals surface area (Å²) in [7, 11) is 0. The zero-order chi connectivity index (χ0) is 56.7. The molecule has 2 amide bonds. The van der Waals surface area contributed by atoms with Gasteiger partial charge in [0.15, 0.2) is 27.6 Å². The molecule has 0 aliphatic rings. The summed E-state index contributed by atoms with van der Waals surface area (Å²) in [5.41, 5.74) is 3.91. The topological polar surface area (TPSA) is 271 Å². The maximum atomic E-state index is 15.2. The van der Waals surface area contributed by atoms with E-state index < -0.39 is 95.0 Å². The van der Waals surface area contributed by atoms with Crippen molar-refractivity contribution in [1.82, 2.24) is 10.6 Å². The lowest BCUT2D eigenvalue weighted by Gasteiger charge is -2.43. The maximum absolute atomic E-state index is 15.2. The van der Waals surface area contributed by atoms with Gasteiger partial charge in [-0.3, -0.25) is 28.8 Å². The number of Topliss-reactive ketones (excluding diaryl/α,β-unsaturated/α-hetero) is 3. The van der Waals surface area contributed by atoms with Crippen molar-refractivity contribution in [1.29, 1.82) is 0 Å². The van der Waals surface area contributed by atoms with Gasteiger partial charge in [-0.1, -0.05) is 264 Å². The first kappa shape index (κ1) is 73.2. The number of rotatable bonds is 56. The van der Waals surface area contributed by atoms with E-state index in [4.69, 9.17) is 5.73 Å². The van der Waals surface area contributed by atoms with Crippen LogP contribution in [0, 0.1) is 0 Å². The number of carbonyl (C=O) groups is 7. The molecule has 4 atom stereocenters. The molecule has 0 saturated heterocycles. The van der Waals surface area contributed by atoms with E-state index in [1.807, 2.05) is 5.32 Å². The van der Waals surface area contributed by atoms with Crippen molar-refractivity contribution in [2.45, 2.75) is 319 Å². The number of nitrogens with two attached hydrogens (primary N) is 1. The monoisotopic (exact) mass is 1100 g/mol. The van der Waals surface area contributed by atoms with Crippen LogP contribution in [-0.4, -0.2) is 114 Å². The fraction of sp³-hybridized carbons (Fsp3) is 0.883. The van der Waals surface area contributed by atoms with Gasteiger partial charge < -0.3 is 41.9 Å². The highest BCUT2D eigenvalue weighted by atomic mass is 32.2. The van der Waals surface area contributed by atoms with Gasteiger partial charge in [-0.25, -0.2) is 4.79 Å². The first-order chi connectivity index (χ1) is 36.7. The number of amides is 2. The Morgan fingerprint density at radius 3 is 0.947 bits per heavy atom. The van der Waals surface area contributed by atoms with Crippen molar-refractivity contribution < 1.29 is 59.1 Å². The van der Waals surface area contributed by atoms with Crippen LogP contribution >= 0.6 is 11.8 Å². The van der Waals surface area contributed by atoms with Crippen molar-refractivity contribution >= 4 is 52.0 Å². The summed E-state index contributed by atoms with van der Waals surface area (Å²) in [6.45, 7) is 3.31. The van der Waals surface area contributed by atoms with Crippen LogP contribution in [0.5, 0.6) is 0 Å². The standard InChI is InChI=1S/C60H111N3O12S/c1-4-7-10-13-16-19-22-25-28-31-34-37-40-43-52(68)59(61,58(75)63-49(46-64)55(71)62-50(47-65)56(72)73)60(76-57(74)51(67)48-66,53(69)44-41-38-35-32-29-26-23-20-17-14-11-8-5-2)54(70)45-42-39-36-33-30-27-24-21-18-15-12-9-6-3/h49-51,64-67H,4-48,61H2,1-3H3,(H,62,71)(H,63,75)(H,72,73)/t49-,50-,51?,59+/m0/s1. The minimum Gasteiger partial charge on any atom is -0.480 e. The molecule has 16 heteroatoms. The number of aliphatic carboxylic acids is 1. The number of hydrogen-bond acceptors (Lipinski definition) is 13. The number of hydrogen-bond donors (Lipinski definition) is 8. The molecule has 0 saturated carbocycles. The molecule has 0 aromatic carbocycles. The van der Waals surface area contributed by atoms with Crippen LogP contribution in [0.25, 0.3) is 0 Å². The van der Waals surface area contributed by atoms with Crippen molar-refractivity contribution in [3.8, 4) is 0 Å². The number of carbonyl (C=O) groups excluding carboxylic acids is 6. The van der Waals surface area contributed by atoms with Gasteiger partial charge in [0.25, 0.3) is 5.91 Å². The average molecular weight is 1100 g/mol. The maximum Gasteiger partial charge on any atom is 0.328 e. The minimum atomic E-state index is -3.20. The van der Waals surface area contributed by atoms with E-state index in [9.17, 15) is 39.9 Å². The molecule has 0 rings (SSSR count). The van der Waals surface area contributed by atoms with Gasteiger partial charge in [0.2, 0.25) is 11.0 Å². The van der Waals surface area contributed by atoms with E-state index >= 15 is 19.2 Å². The number of aliphatic hydroxyl groups excluding tert-OH is 4. The molecular weight excluding hydrogens is 987 g/mol. The third-order valence-corrected chi connectivity index (χ3v) is 16.5. The highest BCUT2D eigenvalue weighted by Crippen LogP contribution is 2.43. The summed E-state index contributed by atoms with van der Waals surface area (Å²) in [4.78, 5) is 99.4. The fourth-order valence-corrected chi connectivity index (χ4v) is 11.3. The van der Waals surface area contributed by atoms with E-state index in [-0.39, 0.29) is 43.9 Å². The summed E-state index contributed by atoms with van der Waals surface area (Å²) in [5, 5.41) is 53.1. The SMILES string of the molecule is CCCCCCCCCCCCCCCC(=O)C(SC(=O)C(O)CO)(C(=O)CCCCCCCCCCCCCCC)[C@@](N)(C(=O)CCCCCCCCCCCCCCC)C(=O)N[C@@H](CO)C(=O)N[C@@H](CO)C(=O)O. The molecule has 0 aromatic heterocycles. The Bertz CT molecular complexity index is 1510. The van der Waals surface area contributed by atoms with E-state index in [2.05, 4.69) is 26.1 Å². The van der Waals surface area contributed by atoms with E-state index in [1.165, 1.54) is 116 Å².